The van der Waals surface area contributed by atoms with Crippen molar-refractivity contribution in [1.82, 2.24) is 5.32 Å². The van der Waals surface area contributed by atoms with Gasteiger partial charge in [-0.2, -0.15) is 0 Å². The molecule has 0 saturated carbocycles. The van der Waals surface area contributed by atoms with E-state index in [2.05, 4.69) is 5.32 Å². The third-order valence-electron chi connectivity index (χ3n) is 2.26. The third kappa shape index (κ3) is 5.17. The Kier molecular flexibility index (Phi) is 5.23. The summed E-state index contributed by atoms with van der Waals surface area (Å²) in [6, 6.07) is 6.56. The fourth-order valence-corrected chi connectivity index (χ4v) is 1.16. The normalized spacial score (nSPS) is 12.6. The van der Waals surface area contributed by atoms with Crippen LogP contribution in [0.2, 0.25) is 0 Å². The highest BCUT2D eigenvalue weighted by molar-refractivity contribution is 5.91. The molecule has 4 heteroatoms. The number of carbonyl (C=O) groups is 1. The van der Waals surface area contributed by atoms with Gasteiger partial charge in [0, 0.05) is 19.2 Å². The average molecular weight is 235 g/mol. The Bertz CT molecular complexity index is 384. The minimum atomic E-state index is -0.196. The first-order valence-electron chi connectivity index (χ1n) is 5.47. The number of phenols is 1. The Balaban J connectivity index is 2.42. The third-order valence-corrected chi connectivity index (χ3v) is 2.26. The molecule has 1 aromatic carbocycles. The van der Waals surface area contributed by atoms with Gasteiger partial charge in [-0.15, -0.1) is 0 Å². The molecular weight excluding hydrogens is 218 g/mol. The molecule has 0 aliphatic rings. The van der Waals surface area contributed by atoms with Gasteiger partial charge in [0.25, 0.3) is 0 Å². The maximum Gasteiger partial charge on any atom is 0.244 e. The van der Waals surface area contributed by atoms with E-state index < -0.39 is 0 Å². The van der Waals surface area contributed by atoms with Gasteiger partial charge in [0.1, 0.15) is 5.75 Å². The first-order chi connectivity index (χ1) is 8.11. The number of hydrogen-bond donors (Lipinski definition) is 3. The van der Waals surface area contributed by atoms with Gasteiger partial charge in [0.05, 0.1) is 0 Å². The molecule has 0 aromatic heterocycles. The van der Waals surface area contributed by atoms with E-state index in [1.807, 2.05) is 6.92 Å². The average Bonchev–Trinajstić information content (AvgIpc) is 2.35. The van der Waals surface area contributed by atoms with Crippen LogP contribution < -0.4 is 5.32 Å². The first-order valence-corrected chi connectivity index (χ1v) is 5.47. The van der Waals surface area contributed by atoms with Crippen LogP contribution in [0.15, 0.2) is 30.3 Å². The van der Waals surface area contributed by atoms with Gasteiger partial charge in [-0.05, 0) is 29.7 Å². The molecule has 17 heavy (non-hydrogen) atoms. The van der Waals surface area contributed by atoms with Gasteiger partial charge in [0.15, 0.2) is 0 Å². The summed E-state index contributed by atoms with van der Waals surface area (Å²) < 4.78 is 0. The van der Waals surface area contributed by atoms with E-state index in [-0.39, 0.29) is 24.2 Å². The molecule has 1 amide bonds. The van der Waals surface area contributed by atoms with Crippen LogP contribution in [0, 0.1) is 5.92 Å². The van der Waals surface area contributed by atoms with Gasteiger partial charge in [-0.3, -0.25) is 4.79 Å². The molecule has 0 bridgehead atoms. The Hall–Kier alpha value is -1.81. The van der Waals surface area contributed by atoms with Crippen LogP contribution in [0.3, 0.4) is 0 Å². The smallest absolute Gasteiger partial charge is 0.244 e. The minimum absolute atomic E-state index is 0.0565. The van der Waals surface area contributed by atoms with E-state index in [0.29, 0.717) is 6.54 Å². The molecular formula is C13H17NO3. The molecule has 3 N–H and O–H groups in total. The number of carbonyl (C=O) groups excluding carboxylic acids is 1. The van der Waals surface area contributed by atoms with Gasteiger partial charge in [-0.1, -0.05) is 19.1 Å². The Morgan fingerprint density at radius 2 is 2.06 bits per heavy atom. The van der Waals surface area contributed by atoms with Crippen LogP contribution in [-0.2, 0) is 4.79 Å². The predicted molar refractivity (Wildman–Crippen MR) is 66.4 cm³/mol. The molecule has 1 unspecified atom stereocenters. The highest BCUT2D eigenvalue weighted by atomic mass is 16.3. The molecule has 0 saturated heterocycles. The van der Waals surface area contributed by atoms with Crippen molar-refractivity contribution >= 4 is 12.0 Å². The fourth-order valence-electron chi connectivity index (χ4n) is 1.16. The van der Waals surface area contributed by atoms with Crippen molar-refractivity contribution in [2.75, 3.05) is 13.2 Å². The molecule has 0 radical (unpaired) electrons. The lowest BCUT2D eigenvalue weighted by molar-refractivity contribution is -0.116. The topological polar surface area (TPSA) is 69.6 Å². The monoisotopic (exact) mass is 235 g/mol. The molecule has 1 aromatic rings. The van der Waals surface area contributed by atoms with Crippen molar-refractivity contribution < 1.29 is 15.0 Å². The minimum Gasteiger partial charge on any atom is -0.508 e. The molecule has 92 valence electrons. The van der Waals surface area contributed by atoms with Crippen LogP contribution in [0.5, 0.6) is 5.75 Å². The maximum absolute atomic E-state index is 11.4. The second-order valence-corrected chi connectivity index (χ2v) is 3.96. The lowest BCUT2D eigenvalue weighted by Crippen LogP contribution is -2.27. The predicted octanol–water partition coefficient (Wildman–Crippen LogP) is 1.15. The van der Waals surface area contributed by atoms with Crippen molar-refractivity contribution in [3.63, 3.8) is 0 Å². The van der Waals surface area contributed by atoms with Crippen molar-refractivity contribution in [3.8, 4) is 5.75 Å². The van der Waals surface area contributed by atoms with Crippen LogP contribution in [0.25, 0.3) is 6.08 Å². The van der Waals surface area contributed by atoms with Gasteiger partial charge >= 0.3 is 0 Å². The molecule has 0 spiro atoms. The van der Waals surface area contributed by atoms with Crippen LogP contribution in [0.1, 0.15) is 12.5 Å². The van der Waals surface area contributed by atoms with E-state index >= 15 is 0 Å². The zero-order chi connectivity index (χ0) is 12.7. The van der Waals surface area contributed by atoms with Crippen LogP contribution >= 0.6 is 0 Å². The number of nitrogens with one attached hydrogen (secondary N) is 1. The highest BCUT2D eigenvalue weighted by Crippen LogP contribution is 2.10. The SMILES string of the molecule is CC(CO)CNC(=O)C=Cc1ccc(O)cc1. The van der Waals surface area contributed by atoms with Crippen molar-refractivity contribution in [2.45, 2.75) is 6.92 Å². The highest BCUT2D eigenvalue weighted by Gasteiger charge is 2.01. The Morgan fingerprint density at radius 1 is 1.41 bits per heavy atom. The largest absolute Gasteiger partial charge is 0.508 e. The summed E-state index contributed by atoms with van der Waals surface area (Å²) in [6.45, 7) is 2.36. The van der Waals surface area contributed by atoms with E-state index in [1.54, 1.807) is 30.3 Å². The Morgan fingerprint density at radius 3 is 2.65 bits per heavy atom. The van der Waals surface area contributed by atoms with Crippen molar-refractivity contribution in [3.05, 3.63) is 35.9 Å². The number of phenolic OH excluding ortho intramolecular Hbond substituents is 1. The molecule has 0 aliphatic heterocycles. The van der Waals surface area contributed by atoms with E-state index in [9.17, 15) is 4.79 Å². The number of benzene rings is 1. The molecule has 0 aliphatic carbocycles. The molecule has 0 heterocycles. The fraction of sp³-hybridized carbons (Fsp3) is 0.308. The second kappa shape index (κ2) is 6.70. The Labute approximate surface area is 101 Å². The van der Waals surface area contributed by atoms with Crippen LogP contribution in [-0.4, -0.2) is 29.3 Å². The van der Waals surface area contributed by atoms with Crippen molar-refractivity contribution in [2.24, 2.45) is 5.92 Å². The summed E-state index contributed by atoms with van der Waals surface area (Å²) in [5.41, 5.74) is 0.841. The summed E-state index contributed by atoms with van der Waals surface area (Å²) in [5, 5.41) is 20.5. The summed E-state index contributed by atoms with van der Waals surface area (Å²) in [4.78, 5) is 11.4. The zero-order valence-electron chi connectivity index (χ0n) is 9.76. The molecule has 1 atom stereocenters. The number of amides is 1. The summed E-state index contributed by atoms with van der Waals surface area (Å²) in [6.07, 6.45) is 3.09. The summed E-state index contributed by atoms with van der Waals surface area (Å²) in [7, 11) is 0. The quantitative estimate of drug-likeness (QED) is 0.670. The van der Waals surface area contributed by atoms with E-state index in [4.69, 9.17) is 10.2 Å². The zero-order valence-corrected chi connectivity index (χ0v) is 9.76. The summed E-state index contributed by atoms with van der Waals surface area (Å²) in [5.74, 6) is 0.0581. The molecule has 1 rings (SSSR count). The van der Waals surface area contributed by atoms with E-state index in [0.717, 1.165) is 5.56 Å². The van der Waals surface area contributed by atoms with Gasteiger partial charge in [-0.25, -0.2) is 0 Å². The lowest BCUT2D eigenvalue weighted by atomic mass is 10.2. The number of aliphatic hydroxyl groups is 1. The van der Waals surface area contributed by atoms with Gasteiger partial charge in [0.2, 0.25) is 5.91 Å². The first kappa shape index (κ1) is 13.3. The molecule has 0 fully saturated rings. The standard InChI is InChI=1S/C13H17NO3/c1-10(9-15)8-14-13(17)7-4-11-2-5-12(16)6-3-11/h2-7,10,15-16H,8-9H2,1H3,(H,14,17). The van der Waals surface area contributed by atoms with Crippen molar-refractivity contribution in [1.29, 1.82) is 0 Å². The molecule has 4 nitrogen and oxygen atoms in total. The lowest BCUT2D eigenvalue weighted by Gasteiger charge is -2.07. The second-order valence-electron chi connectivity index (χ2n) is 3.96. The van der Waals surface area contributed by atoms with E-state index in [1.165, 1.54) is 6.08 Å². The number of hydrogen-bond acceptors (Lipinski definition) is 3. The maximum atomic E-state index is 11.4. The van der Waals surface area contributed by atoms with Gasteiger partial charge < -0.3 is 15.5 Å². The summed E-state index contributed by atoms with van der Waals surface area (Å²) >= 11 is 0. The number of aliphatic hydroxyl groups excluding tert-OH is 1. The number of aromatic hydroxyl groups is 1. The van der Waals surface area contributed by atoms with Crippen LogP contribution in [0.4, 0.5) is 0 Å². The number of rotatable bonds is 5.